The van der Waals surface area contributed by atoms with Gasteiger partial charge in [0.15, 0.2) is 0 Å². The first-order valence-electron chi connectivity index (χ1n) is 19.5. The number of ether oxygens (including phenoxy) is 2. The number of aromatic amines is 2. The summed E-state index contributed by atoms with van der Waals surface area (Å²) in [6, 6.07) is 12.9. The van der Waals surface area contributed by atoms with E-state index in [-0.39, 0.29) is 35.6 Å². The Balaban J connectivity index is 0.930. The molecular weight excluding hydrogens is 727 g/mol. The number of aromatic nitrogens is 6. The summed E-state index contributed by atoms with van der Waals surface area (Å²) in [6.07, 6.45) is 9.67. The number of alkyl carbamates (subject to hydrolysis) is 2. The Bertz CT molecular complexity index is 2270. The van der Waals surface area contributed by atoms with Crippen LogP contribution in [0.4, 0.5) is 9.59 Å². The molecule has 0 spiro atoms. The number of methoxy groups -OCH3 is 2. The Morgan fingerprint density at radius 1 is 0.842 bits per heavy atom. The van der Waals surface area contributed by atoms with Crippen LogP contribution in [0.5, 0.6) is 0 Å². The van der Waals surface area contributed by atoms with Crippen LogP contribution >= 0.6 is 0 Å². The van der Waals surface area contributed by atoms with Crippen LogP contribution in [0.2, 0.25) is 0 Å². The van der Waals surface area contributed by atoms with E-state index in [1.54, 1.807) is 17.3 Å². The van der Waals surface area contributed by atoms with Gasteiger partial charge in [0.25, 0.3) is 0 Å². The van der Waals surface area contributed by atoms with Crippen molar-refractivity contribution in [3.63, 3.8) is 0 Å². The van der Waals surface area contributed by atoms with E-state index >= 15 is 0 Å². The summed E-state index contributed by atoms with van der Waals surface area (Å²) in [7, 11) is 2.62. The second-order valence-corrected chi connectivity index (χ2v) is 15.4. The molecule has 4 N–H and O–H groups in total. The monoisotopic (exact) mass is 773 g/mol. The zero-order valence-corrected chi connectivity index (χ0v) is 32.5. The predicted octanol–water partition coefficient (Wildman–Crippen LogP) is 5.89. The van der Waals surface area contributed by atoms with Gasteiger partial charge in [-0.2, -0.15) is 0 Å². The number of ketones is 1. The van der Waals surface area contributed by atoms with E-state index in [2.05, 4.69) is 36.2 Å². The Morgan fingerprint density at radius 3 is 2.26 bits per heavy atom. The minimum absolute atomic E-state index is 0.0900. The normalized spacial score (nSPS) is 20.8. The van der Waals surface area contributed by atoms with E-state index in [1.165, 1.54) is 14.2 Å². The fourth-order valence-electron chi connectivity index (χ4n) is 8.63. The number of benzene rings is 1. The van der Waals surface area contributed by atoms with Gasteiger partial charge in [-0.1, -0.05) is 38.1 Å². The van der Waals surface area contributed by atoms with E-state index in [1.807, 2.05) is 62.6 Å². The van der Waals surface area contributed by atoms with Gasteiger partial charge in [-0.25, -0.2) is 19.6 Å². The third kappa shape index (κ3) is 7.41. The lowest BCUT2D eigenvalue weighted by Crippen LogP contribution is -2.51. The standard InChI is InChI=1S/C42H47N9O6/c1-23(2)36(49-42(55)57-4)40(53)51-16-5-6-33(51)39-45-21-32(47-39)27-12-13-29(43-19-27)24-7-9-25(10-8-24)31-20-44-38(46-31)28-18-34(52)35-30(48-41(54)56-3)14-11-26-15-17-50(22-28)37(26)35/h7-10,12-13,15,17,19-21,23,28,30,33,35-36H,5-6,11,14,16,18,22H2,1-4H3,(H,44,46)(H,45,47)(H,48,54)(H,49,55)/t28-,30-,33-,35?,36-/m0/s1. The number of hydrogen-bond acceptors (Lipinski definition) is 9. The van der Waals surface area contributed by atoms with Gasteiger partial charge in [-0.3, -0.25) is 14.6 Å². The van der Waals surface area contributed by atoms with Crippen molar-refractivity contribution in [3.8, 4) is 33.8 Å². The van der Waals surface area contributed by atoms with Crippen molar-refractivity contribution in [3.05, 3.63) is 90.2 Å². The van der Waals surface area contributed by atoms with Gasteiger partial charge >= 0.3 is 12.2 Å². The molecule has 296 valence electrons. The summed E-state index contributed by atoms with van der Waals surface area (Å²) in [5.74, 6) is 0.709. The quantitative estimate of drug-likeness (QED) is 0.142. The first-order chi connectivity index (χ1) is 27.6. The van der Waals surface area contributed by atoms with E-state index in [0.29, 0.717) is 31.8 Å². The van der Waals surface area contributed by atoms with Crippen molar-refractivity contribution in [1.29, 1.82) is 0 Å². The molecular formula is C42H47N9O6. The summed E-state index contributed by atoms with van der Waals surface area (Å²) >= 11 is 0. The van der Waals surface area contributed by atoms with Crippen LogP contribution in [0.3, 0.4) is 0 Å². The molecule has 2 aliphatic heterocycles. The largest absolute Gasteiger partial charge is 0.453 e. The zero-order chi connectivity index (χ0) is 39.8. The van der Waals surface area contributed by atoms with Crippen LogP contribution in [-0.2, 0) is 32.0 Å². The first-order valence-corrected chi connectivity index (χ1v) is 19.5. The Hall–Kier alpha value is -6.25. The minimum atomic E-state index is -0.697. The molecule has 57 heavy (non-hydrogen) atoms. The number of pyridine rings is 1. The molecule has 3 aliphatic rings. The highest BCUT2D eigenvalue weighted by molar-refractivity contribution is 5.89. The molecule has 1 fully saturated rings. The molecule has 1 aromatic carbocycles. The third-order valence-corrected chi connectivity index (χ3v) is 11.6. The molecule has 0 bridgehead atoms. The molecule has 0 saturated carbocycles. The highest BCUT2D eigenvalue weighted by atomic mass is 16.5. The van der Waals surface area contributed by atoms with Gasteiger partial charge in [0.05, 0.1) is 55.7 Å². The maximum absolute atomic E-state index is 13.8. The number of carbonyl (C=O) groups excluding carboxylic acids is 4. The molecule has 1 saturated heterocycles. The van der Waals surface area contributed by atoms with Crippen LogP contribution in [0.1, 0.15) is 80.3 Å². The highest BCUT2D eigenvalue weighted by Gasteiger charge is 2.42. The lowest BCUT2D eigenvalue weighted by Gasteiger charge is -2.31. The second-order valence-electron chi connectivity index (χ2n) is 15.4. The number of carbonyl (C=O) groups is 4. The number of H-pyrrole nitrogens is 2. The molecule has 15 nitrogen and oxygen atoms in total. The molecule has 0 radical (unpaired) electrons. The van der Waals surface area contributed by atoms with Gasteiger partial charge in [0.1, 0.15) is 23.5 Å². The molecule has 8 rings (SSSR count). The van der Waals surface area contributed by atoms with E-state index in [9.17, 15) is 19.2 Å². The van der Waals surface area contributed by atoms with Crippen LogP contribution < -0.4 is 10.6 Å². The molecule has 5 aromatic rings. The minimum Gasteiger partial charge on any atom is -0.453 e. The molecule has 4 aromatic heterocycles. The van der Waals surface area contributed by atoms with Crippen molar-refractivity contribution in [2.45, 2.75) is 82.5 Å². The SMILES string of the molecule is COC(=O)N[C@H]1CCc2ccn3c2C1C(=O)C[C@H](c1ncc(-c2ccc(-c4ccc(-c5cnc([C@@H]6CCCN6C(=O)[C@@H](NC(=O)OC)C(C)C)[nH]5)cn4)cc2)[nH]1)C3. The number of aryl methyl sites for hydroxylation is 1. The number of likely N-dealkylation sites (tertiary alicyclic amines) is 1. The molecule has 1 unspecified atom stereocenters. The topological polar surface area (TPSA) is 189 Å². The summed E-state index contributed by atoms with van der Waals surface area (Å²) in [5, 5.41) is 5.59. The number of amides is 3. The molecule has 3 amide bonds. The van der Waals surface area contributed by atoms with Gasteiger partial charge < -0.3 is 39.5 Å². The van der Waals surface area contributed by atoms with E-state index < -0.39 is 24.1 Å². The fourth-order valence-corrected chi connectivity index (χ4v) is 8.63. The average molecular weight is 774 g/mol. The number of Topliss-reactive ketones (excluding diaryl/α,β-unsaturated/α-hetero) is 1. The summed E-state index contributed by atoms with van der Waals surface area (Å²) in [6.45, 7) is 4.99. The van der Waals surface area contributed by atoms with Gasteiger partial charge in [-0.05, 0) is 60.9 Å². The average Bonchev–Trinajstić information content (AvgIpc) is 4.06. The smallest absolute Gasteiger partial charge is 0.407 e. The van der Waals surface area contributed by atoms with E-state index in [4.69, 9.17) is 19.4 Å². The van der Waals surface area contributed by atoms with Crippen LogP contribution in [0, 0.1) is 5.92 Å². The van der Waals surface area contributed by atoms with Gasteiger partial charge in [0.2, 0.25) is 5.91 Å². The van der Waals surface area contributed by atoms with Crippen LogP contribution in [0.15, 0.2) is 67.3 Å². The van der Waals surface area contributed by atoms with Crippen molar-refractivity contribution in [2.75, 3.05) is 20.8 Å². The van der Waals surface area contributed by atoms with Crippen molar-refractivity contribution in [2.24, 2.45) is 5.92 Å². The maximum atomic E-state index is 13.8. The number of nitrogens with zero attached hydrogens (tertiary/aromatic N) is 5. The molecule has 1 aliphatic carbocycles. The number of rotatable bonds is 9. The second kappa shape index (κ2) is 15.7. The Labute approximate surface area is 330 Å². The Morgan fingerprint density at radius 2 is 1.54 bits per heavy atom. The fraction of sp³-hybridized carbons (Fsp3) is 0.405. The summed E-state index contributed by atoms with van der Waals surface area (Å²) < 4.78 is 11.8. The first kappa shape index (κ1) is 37.7. The van der Waals surface area contributed by atoms with Crippen LogP contribution in [-0.4, -0.2) is 91.1 Å². The summed E-state index contributed by atoms with van der Waals surface area (Å²) in [5.41, 5.74) is 7.39. The summed E-state index contributed by atoms with van der Waals surface area (Å²) in [4.78, 5) is 74.2. The van der Waals surface area contributed by atoms with Gasteiger partial charge in [-0.15, -0.1) is 0 Å². The zero-order valence-electron chi connectivity index (χ0n) is 32.5. The van der Waals surface area contributed by atoms with Crippen molar-refractivity contribution >= 4 is 23.9 Å². The maximum Gasteiger partial charge on any atom is 0.407 e. The highest BCUT2D eigenvalue weighted by Crippen LogP contribution is 2.40. The Kier molecular flexibility index (Phi) is 10.4. The number of hydrogen-bond donors (Lipinski definition) is 4. The molecule has 5 atom stereocenters. The molecule has 6 heterocycles. The predicted molar refractivity (Wildman–Crippen MR) is 210 cm³/mol. The third-order valence-electron chi connectivity index (χ3n) is 11.6. The van der Waals surface area contributed by atoms with E-state index in [0.717, 1.165) is 70.1 Å². The lowest BCUT2D eigenvalue weighted by molar-refractivity contribution is -0.135. The van der Waals surface area contributed by atoms with Gasteiger partial charge in [0, 0.05) is 60.7 Å². The molecule has 15 heteroatoms. The lowest BCUT2D eigenvalue weighted by atomic mass is 9.79. The number of nitrogens with one attached hydrogen (secondary N) is 4. The van der Waals surface area contributed by atoms with Crippen LogP contribution in [0.25, 0.3) is 33.8 Å². The van der Waals surface area contributed by atoms with Crippen molar-refractivity contribution in [1.82, 2.24) is 45.0 Å². The van der Waals surface area contributed by atoms with Crippen molar-refractivity contribution < 1.29 is 28.7 Å². The number of imidazole rings is 2.